The van der Waals surface area contributed by atoms with Gasteiger partial charge in [0.1, 0.15) is 5.78 Å². The fraction of sp³-hybridized carbons (Fsp3) is 0.952. The number of fused-ring (bicyclic) bond motifs is 5. The Morgan fingerprint density at radius 3 is 2.48 bits per heavy atom. The minimum absolute atomic E-state index is 0.107. The average molecular weight is 319 g/mol. The van der Waals surface area contributed by atoms with Crippen LogP contribution in [0.3, 0.4) is 0 Å². The van der Waals surface area contributed by atoms with Crippen LogP contribution in [0.4, 0.5) is 0 Å². The lowest BCUT2D eigenvalue weighted by Crippen LogP contribution is -2.58. The molecule has 0 aliphatic heterocycles. The highest BCUT2D eigenvalue weighted by atomic mass is 16.3. The fourth-order valence-corrected chi connectivity index (χ4v) is 7.67. The summed E-state index contributed by atoms with van der Waals surface area (Å²) in [7, 11) is 0. The van der Waals surface area contributed by atoms with E-state index in [2.05, 4.69) is 27.7 Å². The summed E-state index contributed by atoms with van der Waals surface area (Å²) in [5, 5.41) is 11.0. The van der Waals surface area contributed by atoms with Gasteiger partial charge >= 0.3 is 0 Å². The van der Waals surface area contributed by atoms with Crippen molar-refractivity contribution in [3.05, 3.63) is 0 Å². The van der Waals surface area contributed by atoms with E-state index in [-0.39, 0.29) is 5.41 Å². The molecule has 0 bridgehead atoms. The molecule has 130 valence electrons. The van der Waals surface area contributed by atoms with Gasteiger partial charge in [-0.1, -0.05) is 20.8 Å². The number of ketones is 1. The largest absolute Gasteiger partial charge is 0.390 e. The number of rotatable bonds is 0. The molecule has 4 fully saturated rings. The van der Waals surface area contributed by atoms with Crippen LogP contribution in [0.1, 0.15) is 79.1 Å². The van der Waals surface area contributed by atoms with E-state index in [0.717, 1.165) is 37.5 Å². The molecule has 0 unspecified atom stereocenters. The zero-order valence-electron chi connectivity index (χ0n) is 15.4. The summed E-state index contributed by atoms with van der Waals surface area (Å²) >= 11 is 0. The zero-order chi connectivity index (χ0) is 16.6. The summed E-state index contributed by atoms with van der Waals surface area (Å²) in [4.78, 5) is 12.0. The Hall–Kier alpha value is -0.370. The van der Waals surface area contributed by atoms with Gasteiger partial charge in [0.25, 0.3) is 0 Å². The van der Waals surface area contributed by atoms with Crippen molar-refractivity contribution in [1.82, 2.24) is 0 Å². The summed E-state index contributed by atoms with van der Waals surface area (Å²) in [5.74, 6) is 4.05. The van der Waals surface area contributed by atoms with E-state index < -0.39 is 5.60 Å². The lowest BCUT2D eigenvalue weighted by molar-refractivity contribution is -0.165. The second kappa shape index (κ2) is 4.84. The molecular formula is C21H34O2. The van der Waals surface area contributed by atoms with Crippen molar-refractivity contribution in [2.24, 2.45) is 40.4 Å². The maximum atomic E-state index is 12.0. The van der Waals surface area contributed by atoms with Gasteiger partial charge in [0.2, 0.25) is 0 Å². The third-order valence-electron chi connectivity index (χ3n) is 9.40. The van der Waals surface area contributed by atoms with Crippen molar-refractivity contribution in [3.63, 3.8) is 0 Å². The summed E-state index contributed by atoms with van der Waals surface area (Å²) < 4.78 is 0. The summed E-state index contributed by atoms with van der Waals surface area (Å²) in [5.41, 5.74) is -0.000383. The molecule has 0 aromatic carbocycles. The Labute approximate surface area is 141 Å². The molecule has 0 radical (unpaired) electrons. The normalized spacial score (nSPS) is 59.2. The van der Waals surface area contributed by atoms with Crippen LogP contribution in [0.25, 0.3) is 0 Å². The molecule has 4 rings (SSSR count). The third kappa shape index (κ3) is 2.00. The quantitative estimate of drug-likeness (QED) is 0.709. The van der Waals surface area contributed by atoms with E-state index in [9.17, 15) is 9.90 Å². The van der Waals surface area contributed by atoms with Gasteiger partial charge in [0, 0.05) is 12.8 Å². The second-order valence-electron chi connectivity index (χ2n) is 10.2. The van der Waals surface area contributed by atoms with E-state index in [4.69, 9.17) is 0 Å². The van der Waals surface area contributed by atoms with Gasteiger partial charge in [-0.25, -0.2) is 0 Å². The van der Waals surface area contributed by atoms with Crippen molar-refractivity contribution in [2.45, 2.75) is 84.7 Å². The van der Waals surface area contributed by atoms with E-state index in [1.807, 2.05) is 0 Å². The average Bonchev–Trinajstić information content (AvgIpc) is 2.72. The molecule has 0 amide bonds. The third-order valence-corrected chi connectivity index (χ3v) is 9.40. The van der Waals surface area contributed by atoms with Gasteiger partial charge in [0.05, 0.1) is 5.60 Å². The summed E-state index contributed by atoms with van der Waals surface area (Å²) in [6.45, 7) is 9.40. The Bertz CT molecular complexity index is 524. The summed E-state index contributed by atoms with van der Waals surface area (Å²) in [6, 6.07) is 0. The predicted molar refractivity (Wildman–Crippen MR) is 91.9 cm³/mol. The number of aliphatic hydroxyl groups is 1. The number of hydrogen-bond acceptors (Lipinski definition) is 2. The molecule has 0 saturated heterocycles. The molecule has 4 saturated carbocycles. The van der Waals surface area contributed by atoms with Gasteiger partial charge in [0.15, 0.2) is 0 Å². The van der Waals surface area contributed by atoms with Gasteiger partial charge < -0.3 is 5.11 Å². The molecule has 0 spiro atoms. The molecule has 4 aliphatic carbocycles. The van der Waals surface area contributed by atoms with Crippen molar-refractivity contribution in [1.29, 1.82) is 0 Å². The van der Waals surface area contributed by atoms with Crippen molar-refractivity contribution in [3.8, 4) is 0 Å². The first-order valence-corrected chi connectivity index (χ1v) is 9.93. The second-order valence-corrected chi connectivity index (χ2v) is 10.2. The van der Waals surface area contributed by atoms with Crippen molar-refractivity contribution in [2.75, 3.05) is 0 Å². The molecule has 0 aromatic rings. The molecule has 0 heterocycles. The lowest BCUT2D eigenvalue weighted by Gasteiger charge is -2.62. The first kappa shape index (κ1) is 16.1. The highest BCUT2D eigenvalue weighted by molar-refractivity contribution is 5.79. The minimum atomic E-state index is -0.483. The zero-order valence-corrected chi connectivity index (χ0v) is 15.4. The standard InChI is InChI=1S/C21H34O2/c1-13-11-14-12-15(22)5-8-19(14,2)16-6-9-20(3)17(18(13)16)7-10-21(20,4)23/h13-14,16-18,23H,5-12H2,1-4H3/t13-,14-,16+,17+,18-,19+,20+,21+/m1/s1. The van der Waals surface area contributed by atoms with E-state index >= 15 is 0 Å². The molecule has 4 aliphatic rings. The number of Topliss-reactive ketones (excluding diaryl/α,β-unsaturated/α-hetero) is 1. The molecule has 2 heteroatoms. The van der Waals surface area contributed by atoms with Gasteiger partial charge in [-0.05, 0) is 85.9 Å². The smallest absolute Gasteiger partial charge is 0.133 e. The van der Waals surface area contributed by atoms with Gasteiger partial charge in [-0.3, -0.25) is 4.79 Å². The molecule has 8 atom stereocenters. The predicted octanol–water partition coefficient (Wildman–Crippen LogP) is 4.60. The van der Waals surface area contributed by atoms with Crippen LogP contribution in [-0.4, -0.2) is 16.5 Å². The number of carbonyl (C=O) groups is 1. The van der Waals surface area contributed by atoms with Crippen LogP contribution < -0.4 is 0 Å². The Balaban J connectivity index is 1.70. The maximum absolute atomic E-state index is 12.0. The van der Waals surface area contributed by atoms with Crippen LogP contribution in [0.2, 0.25) is 0 Å². The topological polar surface area (TPSA) is 37.3 Å². The van der Waals surface area contributed by atoms with E-state index in [1.54, 1.807) is 0 Å². The van der Waals surface area contributed by atoms with Crippen molar-refractivity contribution >= 4 is 5.78 Å². The molecule has 1 N–H and O–H groups in total. The fourth-order valence-electron chi connectivity index (χ4n) is 7.67. The van der Waals surface area contributed by atoms with Crippen LogP contribution in [0.5, 0.6) is 0 Å². The monoisotopic (exact) mass is 318 g/mol. The van der Waals surface area contributed by atoms with Crippen LogP contribution in [0.15, 0.2) is 0 Å². The first-order chi connectivity index (χ1) is 10.7. The summed E-state index contributed by atoms with van der Waals surface area (Å²) in [6.07, 6.45) is 8.61. The first-order valence-electron chi connectivity index (χ1n) is 9.93. The van der Waals surface area contributed by atoms with E-state index in [1.165, 1.54) is 25.7 Å². The molecule has 2 nitrogen and oxygen atoms in total. The van der Waals surface area contributed by atoms with Crippen LogP contribution in [-0.2, 0) is 4.79 Å². The Morgan fingerprint density at radius 2 is 1.74 bits per heavy atom. The molecule has 23 heavy (non-hydrogen) atoms. The SMILES string of the molecule is C[C@@H]1C[C@@H]2CC(=O)CC[C@]2(C)[C@H]2CC[C@@]3(C)[C@@H](CC[C@]3(C)O)[C@H]12. The number of carbonyl (C=O) groups excluding carboxylic acids is 1. The Kier molecular flexibility index (Phi) is 3.39. The maximum Gasteiger partial charge on any atom is 0.133 e. The minimum Gasteiger partial charge on any atom is -0.390 e. The van der Waals surface area contributed by atoms with Crippen molar-refractivity contribution < 1.29 is 9.90 Å². The van der Waals surface area contributed by atoms with Gasteiger partial charge in [-0.2, -0.15) is 0 Å². The molecule has 0 aromatic heterocycles. The lowest BCUT2D eigenvalue weighted by atomic mass is 9.42. The molecular weight excluding hydrogens is 284 g/mol. The van der Waals surface area contributed by atoms with Crippen LogP contribution in [0, 0.1) is 40.4 Å². The van der Waals surface area contributed by atoms with E-state index in [0.29, 0.717) is 29.0 Å². The number of hydrogen-bond donors (Lipinski definition) is 1. The van der Waals surface area contributed by atoms with Gasteiger partial charge in [-0.15, -0.1) is 0 Å². The Morgan fingerprint density at radius 1 is 1.04 bits per heavy atom. The van der Waals surface area contributed by atoms with Crippen LogP contribution >= 0.6 is 0 Å². The highest BCUT2D eigenvalue weighted by Crippen LogP contribution is 2.69. The highest BCUT2D eigenvalue weighted by Gasteiger charge is 2.64.